The Hall–Kier alpha value is -1.77. The molecule has 5 nitrogen and oxygen atoms in total. The van der Waals surface area contributed by atoms with Crippen LogP contribution in [0.1, 0.15) is 12.7 Å². The van der Waals surface area contributed by atoms with Gasteiger partial charge in [0.2, 0.25) is 0 Å². The summed E-state index contributed by atoms with van der Waals surface area (Å²) in [6.45, 7) is 8.12. The SMILES string of the molecule is CCN1CCN(Cc2nc3ccc(I)cc3c(=O)n2-c2ccccc2)CC1. The molecule has 1 fully saturated rings. The Morgan fingerprint density at radius 1 is 1.00 bits per heavy atom. The summed E-state index contributed by atoms with van der Waals surface area (Å²) in [5, 5.41) is 0.672. The van der Waals surface area contributed by atoms with E-state index in [0.717, 1.165) is 53.3 Å². The molecule has 2 aromatic carbocycles. The second-order valence-electron chi connectivity index (χ2n) is 6.88. The van der Waals surface area contributed by atoms with Gasteiger partial charge in [-0.1, -0.05) is 25.1 Å². The van der Waals surface area contributed by atoms with Gasteiger partial charge < -0.3 is 4.90 Å². The van der Waals surface area contributed by atoms with Crippen molar-refractivity contribution in [3.05, 3.63) is 68.3 Å². The molecule has 6 heteroatoms. The van der Waals surface area contributed by atoms with Gasteiger partial charge in [-0.05, 0) is 59.5 Å². The number of halogens is 1. The lowest BCUT2D eigenvalue weighted by Crippen LogP contribution is -2.46. The zero-order chi connectivity index (χ0) is 18.8. The van der Waals surface area contributed by atoms with Crippen molar-refractivity contribution >= 4 is 33.5 Å². The summed E-state index contributed by atoms with van der Waals surface area (Å²) in [5.74, 6) is 0.810. The number of piperazine rings is 1. The maximum Gasteiger partial charge on any atom is 0.266 e. The van der Waals surface area contributed by atoms with E-state index in [2.05, 4.69) is 39.3 Å². The molecule has 0 amide bonds. The standard InChI is InChI=1S/C21H23IN4O/c1-2-24-10-12-25(13-11-24)15-20-23-19-9-8-16(22)14-18(19)21(27)26(20)17-6-4-3-5-7-17/h3-9,14H,2,10-13,15H2,1H3. The number of fused-ring (bicyclic) bond motifs is 1. The summed E-state index contributed by atoms with van der Waals surface area (Å²) >= 11 is 2.24. The molecule has 27 heavy (non-hydrogen) atoms. The fourth-order valence-corrected chi connectivity index (χ4v) is 4.11. The van der Waals surface area contributed by atoms with Gasteiger partial charge in [0.1, 0.15) is 5.82 Å². The lowest BCUT2D eigenvalue weighted by atomic mass is 10.2. The molecule has 4 rings (SSSR count). The molecule has 140 valence electrons. The lowest BCUT2D eigenvalue weighted by molar-refractivity contribution is 0.129. The van der Waals surface area contributed by atoms with E-state index < -0.39 is 0 Å². The Bertz CT molecular complexity index is 994. The first-order valence-corrected chi connectivity index (χ1v) is 10.4. The van der Waals surface area contributed by atoms with Crippen molar-refractivity contribution < 1.29 is 0 Å². The highest BCUT2D eigenvalue weighted by atomic mass is 127. The number of rotatable bonds is 4. The number of hydrogen-bond donors (Lipinski definition) is 0. The number of likely N-dealkylation sites (N-methyl/N-ethyl adjacent to an activating group) is 1. The van der Waals surface area contributed by atoms with Crippen LogP contribution in [0.25, 0.3) is 16.6 Å². The predicted octanol–water partition coefficient (Wildman–Crippen LogP) is 3.13. The van der Waals surface area contributed by atoms with Gasteiger partial charge in [0.15, 0.2) is 0 Å². The van der Waals surface area contributed by atoms with Crippen LogP contribution in [-0.2, 0) is 6.54 Å². The van der Waals surface area contributed by atoms with E-state index in [1.165, 1.54) is 0 Å². The van der Waals surface area contributed by atoms with Gasteiger partial charge in [0.25, 0.3) is 5.56 Å². The largest absolute Gasteiger partial charge is 0.301 e. The third-order valence-corrected chi connectivity index (χ3v) is 5.86. The Balaban J connectivity index is 1.79. The highest BCUT2D eigenvalue weighted by Gasteiger charge is 2.19. The molecule has 1 aliphatic rings. The second kappa shape index (κ2) is 8.08. The van der Waals surface area contributed by atoms with Crippen molar-refractivity contribution in [2.45, 2.75) is 13.5 Å². The maximum absolute atomic E-state index is 13.3. The van der Waals surface area contributed by atoms with Crippen LogP contribution in [0.5, 0.6) is 0 Å². The first kappa shape index (κ1) is 18.6. The van der Waals surface area contributed by atoms with Crippen LogP contribution in [0.15, 0.2) is 53.3 Å². The van der Waals surface area contributed by atoms with Crippen molar-refractivity contribution in [3.8, 4) is 5.69 Å². The Morgan fingerprint density at radius 3 is 2.41 bits per heavy atom. The molecule has 0 unspecified atom stereocenters. The molecule has 0 N–H and O–H groups in total. The molecule has 0 atom stereocenters. The minimum absolute atomic E-state index is 0.00640. The average Bonchev–Trinajstić information content (AvgIpc) is 2.70. The zero-order valence-corrected chi connectivity index (χ0v) is 17.6. The number of para-hydroxylation sites is 1. The van der Waals surface area contributed by atoms with Gasteiger partial charge in [-0.3, -0.25) is 14.3 Å². The van der Waals surface area contributed by atoms with E-state index >= 15 is 0 Å². The van der Waals surface area contributed by atoms with Crippen LogP contribution in [-0.4, -0.2) is 52.1 Å². The van der Waals surface area contributed by atoms with Gasteiger partial charge in [-0.25, -0.2) is 4.98 Å². The third-order valence-electron chi connectivity index (χ3n) is 5.19. The van der Waals surface area contributed by atoms with Gasteiger partial charge in [0.05, 0.1) is 23.1 Å². The minimum atomic E-state index is 0.00640. The molecule has 1 saturated heterocycles. The van der Waals surface area contributed by atoms with E-state index in [0.29, 0.717) is 11.9 Å². The van der Waals surface area contributed by atoms with Crippen molar-refractivity contribution in [2.24, 2.45) is 0 Å². The van der Waals surface area contributed by atoms with Crippen LogP contribution < -0.4 is 5.56 Å². The summed E-state index contributed by atoms with van der Waals surface area (Å²) in [4.78, 5) is 23.1. The minimum Gasteiger partial charge on any atom is -0.301 e. The van der Waals surface area contributed by atoms with Gasteiger partial charge in [0, 0.05) is 29.7 Å². The number of benzene rings is 2. The number of hydrogen-bond acceptors (Lipinski definition) is 4. The second-order valence-corrected chi connectivity index (χ2v) is 8.12. The first-order valence-electron chi connectivity index (χ1n) is 9.37. The zero-order valence-electron chi connectivity index (χ0n) is 15.4. The summed E-state index contributed by atoms with van der Waals surface area (Å²) in [7, 11) is 0. The van der Waals surface area contributed by atoms with E-state index in [4.69, 9.17) is 4.98 Å². The quantitative estimate of drug-likeness (QED) is 0.546. The Morgan fingerprint density at radius 2 is 1.70 bits per heavy atom. The summed E-state index contributed by atoms with van der Waals surface area (Å²) in [6, 6.07) is 15.7. The molecule has 0 spiro atoms. The van der Waals surface area contributed by atoms with E-state index in [1.54, 1.807) is 4.57 Å². The molecule has 3 aromatic rings. The molecule has 0 radical (unpaired) electrons. The van der Waals surface area contributed by atoms with Crippen molar-refractivity contribution in [3.63, 3.8) is 0 Å². The van der Waals surface area contributed by atoms with Crippen LogP contribution in [0.3, 0.4) is 0 Å². The number of aromatic nitrogens is 2. The summed E-state index contributed by atoms with van der Waals surface area (Å²) in [6.07, 6.45) is 0. The number of nitrogens with zero attached hydrogens (tertiary/aromatic N) is 4. The molecular weight excluding hydrogens is 451 g/mol. The van der Waals surface area contributed by atoms with Crippen molar-refractivity contribution in [1.29, 1.82) is 0 Å². The molecule has 1 aliphatic heterocycles. The highest BCUT2D eigenvalue weighted by Crippen LogP contribution is 2.17. The van der Waals surface area contributed by atoms with E-state index in [9.17, 15) is 4.79 Å². The fourth-order valence-electron chi connectivity index (χ4n) is 3.62. The molecule has 0 aliphatic carbocycles. The van der Waals surface area contributed by atoms with Crippen molar-refractivity contribution in [1.82, 2.24) is 19.4 Å². The van der Waals surface area contributed by atoms with E-state index in [-0.39, 0.29) is 5.56 Å². The van der Waals surface area contributed by atoms with E-state index in [1.807, 2.05) is 48.5 Å². The molecule has 1 aromatic heterocycles. The molecule has 0 bridgehead atoms. The summed E-state index contributed by atoms with van der Waals surface area (Å²) < 4.78 is 2.83. The fraction of sp³-hybridized carbons (Fsp3) is 0.333. The normalized spacial score (nSPS) is 16.1. The smallest absolute Gasteiger partial charge is 0.266 e. The Labute approximate surface area is 172 Å². The topological polar surface area (TPSA) is 41.4 Å². The monoisotopic (exact) mass is 474 g/mol. The maximum atomic E-state index is 13.3. The van der Waals surface area contributed by atoms with Gasteiger partial charge in [-0.2, -0.15) is 0 Å². The molecular formula is C21H23IN4O. The molecule has 0 saturated carbocycles. The van der Waals surface area contributed by atoms with Crippen LogP contribution in [0.2, 0.25) is 0 Å². The van der Waals surface area contributed by atoms with Crippen LogP contribution in [0, 0.1) is 3.57 Å². The van der Waals surface area contributed by atoms with Crippen LogP contribution >= 0.6 is 22.6 Å². The summed E-state index contributed by atoms with van der Waals surface area (Å²) in [5.41, 5.74) is 1.65. The van der Waals surface area contributed by atoms with Gasteiger partial charge in [-0.15, -0.1) is 0 Å². The average molecular weight is 474 g/mol. The lowest BCUT2D eigenvalue weighted by Gasteiger charge is -2.34. The predicted molar refractivity (Wildman–Crippen MR) is 117 cm³/mol. The van der Waals surface area contributed by atoms with Crippen molar-refractivity contribution in [2.75, 3.05) is 32.7 Å². The highest BCUT2D eigenvalue weighted by molar-refractivity contribution is 14.1. The molecule has 2 heterocycles. The van der Waals surface area contributed by atoms with Gasteiger partial charge >= 0.3 is 0 Å². The van der Waals surface area contributed by atoms with Crippen LogP contribution in [0.4, 0.5) is 0 Å². The first-order chi connectivity index (χ1) is 13.2. The third kappa shape index (κ3) is 3.93. The Kier molecular flexibility index (Phi) is 5.56.